The summed E-state index contributed by atoms with van der Waals surface area (Å²) in [6.45, 7) is 3.78. The summed E-state index contributed by atoms with van der Waals surface area (Å²) in [4.78, 5) is 11.6. The topological polar surface area (TPSA) is 41.1 Å². The molecule has 0 saturated heterocycles. The standard InChI is InChI=1S/C13H17FN2O/c1-8-3-6-12(11(14)7-8)16-13(17)15-9(2)10-4-5-10/h3,6-7,9-10H,4-5H2,1-2H3,(H2,15,16,17). The maximum Gasteiger partial charge on any atom is 0.319 e. The molecule has 2 rings (SSSR count). The molecule has 1 atom stereocenters. The van der Waals surface area contributed by atoms with Gasteiger partial charge < -0.3 is 10.6 Å². The van der Waals surface area contributed by atoms with Crippen molar-refractivity contribution in [1.82, 2.24) is 5.32 Å². The predicted molar refractivity (Wildman–Crippen MR) is 65.5 cm³/mol. The Bertz CT molecular complexity index is 429. The lowest BCUT2D eigenvalue weighted by atomic mass is 10.2. The molecule has 0 aliphatic heterocycles. The van der Waals surface area contributed by atoms with Gasteiger partial charge in [0.1, 0.15) is 5.82 Å². The molecule has 1 unspecified atom stereocenters. The van der Waals surface area contributed by atoms with Crippen molar-refractivity contribution >= 4 is 11.7 Å². The molecule has 1 aromatic rings. The van der Waals surface area contributed by atoms with Crippen LogP contribution in [-0.2, 0) is 0 Å². The van der Waals surface area contributed by atoms with Gasteiger partial charge in [-0.2, -0.15) is 0 Å². The fourth-order valence-corrected chi connectivity index (χ4v) is 1.80. The maximum absolute atomic E-state index is 13.5. The van der Waals surface area contributed by atoms with Gasteiger partial charge in [0.15, 0.2) is 0 Å². The lowest BCUT2D eigenvalue weighted by Crippen LogP contribution is -2.37. The number of carbonyl (C=O) groups is 1. The molecule has 92 valence electrons. The van der Waals surface area contributed by atoms with Crippen LogP contribution in [0, 0.1) is 18.7 Å². The highest BCUT2D eigenvalue weighted by Gasteiger charge is 2.28. The SMILES string of the molecule is Cc1ccc(NC(=O)NC(C)C2CC2)c(F)c1. The third-order valence-corrected chi connectivity index (χ3v) is 3.06. The van der Waals surface area contributed by atoms with Crippen molar-refractivity contribution in [3.8, 4) is 0 Å². The van der Waals surface area contributed by atoms with Crippen LogP contribution in [0.2, 0.25) is 0 Å². The minimum Gasteiger partial charge on any atom is -0.335 e. The molecule has 1 fully saturated rings. The van der Waals surface area contributed by atoms with Gasteiger partial charge in [-0.25, -0.2) is 9.18 Å². The van der Waals surface area contributed by atoms with Gasteiger partial charge >= 0.3 is 6.03 Å². The molecule has 2 N–H and O–H groups in total. The molecule has 4 heteroatoms. The van der Waals surface area contributed by atoms with Crippen molar-refractivity contribution in [3.05, 3.63) is 29.6 Å². The highest BCUT2D eigenvalue weighted by molar-refractivity contribution is 5.89. The number of urea groups is 1. The number of aryl methyl sites for hydroxylation is 1. The molecule has 2 amide bonds. The Kier molecular flexibility index (Phi) is 3.31. The zero-order valence-electron chi connectivity index (χ0n) is 10.1. The van der Waals surface area contributed by atoms with E-state index in [1.807, 2.05) is 13.8 Å². The lowest BCUT2D eigenvalue weighted by molar-refractivity contribution is 0.248. The third kappa shape index (κ3) is 3.19. The first-order valence-electron chi connectivity index (χ1n) is 5.90. The molecule has 0 radical (unpaired) electrons. The van der Waals surface area contributed by atoms with Crippen molar-refractivity contribution in [3.63, 3.8) is 0 Å². The number of hydrogen-bond acceptors (Lipinski definition) is 1. The largest absolute Gasteiger partial charge is 0.335 e. The average molecular weight is 236 g/mol. The summed E-state index contributed by atoms with van der Waals surface area (Å²) >= 11 is 0. The van der Waals surface area contributed by atoms with Gasteiger partial charge in [-0.05, 0) is 50.3 Å². The summed E-state index contributed by atoms with van der Waals surface area (Å²) in [5.41, 5.74) is 1.05. The van der Waals surface area contributed by atoms with Crippen LogP contribution in [0.3, 0.4) is 0 Å². The van der Waals surface area contributed by atoms with E-state index in [0.29, 0.717) is 5.92 Å². The van der Waals surface area contributed by atoms with E-state index in [1.165, 1.54) is 18.9 Å². The molecule has 1 aliphatic rings. The van der Waals surface area contributed by atoms with Crippen LogP contribution in [0.5, 0.6) is 0 Å². The van der Waals surface area contributed by atoms with E-state index in [0.717, 1.165) is 5.56 Å². The van der Waals surface area contributed by atoms with E-state index in [1.54, 1.807) is 12.1 Å². The molecule has 0 spiro atoms. The highest BCUT2D eigenvalue weighted by Crippen LogP contribution is 2.32. The first kappa shape index (κ1) is 11.9. The van der Waals surface area contributed by atoms with Gasteiger partial charge in [0.25, 0.3) is 0 Å². The second kappa shape index (κ2) is 4.73. The average Bonchev–Trinajstić information content (AvgIpc) is 3.05. The number of amides is 2. The van der Waals surface area contributed by atoms with Crippen molar-refractivity contribution in [1.29, 1.82) is 0 Å². The predicted octanol–water partition coefficient (Wildman–Crippen LogP) is 3.05. The molecule has 0 aromatic heterocycles. The van der Waals surface area contributed by atoms with Crippen LogP contribution in [0.25, 0.3) is 0 Å². The van der Waals surface area contributed by atoms with Gasteiger partial charge in [-0.1, -0.05) is 6.07 Å². The van der Waals surface area contributed by atoms with Crippen LogP contribution < -0.4 is 10.6 Å². The Morgan fingerprint density at radius 2 is 2.18 bits per heavy atom. The van der Waals surface area contributed by atoms with Gasteiger partial charge in [0.05, 0.1) is 5.69 Å². The van der Waals surface area contributed by atoms with Crippen molar-refractivity contribution < 1.29 is 9.18 Å². The summed E-state index contributed by atoms with van der Waals surface area (Å²) in [6.07, 6.45) is 2.33. The van der Waals surface area contributed by atoms with Crippen LogP contribution >= 0.6 is 0 Å². The Morgan fingerprint density at radius 3 is 2.76 bits per heavy atom. The third-order valence-electron chi connectivity index (χ3n) is 3.06. The Labute approximate surface area is 100 Å². The lowest BCUT2D eigenvalue weighted by Gasteiger charge is -2.14. The number of anilines is 1. The van der Waals surface area contributed by atoms with E-state index < -0.39 is 5.82 Å². The van der Waals surface area contributed by atoms with Gasteiger partial charge in [-0.3, -0.25) is 0 Å². The fourth-order valence-electron chi connectivity index (χ4n) is 1.80. The van der Waals surface area contributed by atoms with Crippen LogP contribution in [-0.4, -0.2) is 12.1 Å². The fraction of sp³-hybridized carbons (Fsp3) is 0.462. The van der Waals surface area contributed by atoms with E-state index in [2.05, 4.69) is 10.6 Å². The second-order valence-corrected chi connectivity index (χ2v) is 4.71. The van der Waals surface area contributed by atoms with Crippen molar-refractivity contribution in [2.75, 3.05) is 5.32 Å². The monoisotopic (exact) mass is 236 g/mol. The highest BCUT2D eigenvalue weighted by atomic mass is 19.1. The van der Waals surface area contributed by atoms with E-state index >= 15 is 0 Å². The molecular weight excluding hydrogens is 219 g/mol. The van der Waals surface area contributed by atoms with Gasteiger partial charge in [-0.15, -0.1) is 0 Å². The van der Waals surface area contributed by atoms with E-state index in [9.17, 15) is 9.18 Å². The number of carbonyl (C=O) groups excluding carboxylic acids is 1. The number of nitrogens with one attached hydrogen (secondary N) is 2. The van der Waals surface area contributed by atoms with Gasteiger partial charge in [0, 0.05) is 6.04 Å². The molecule has 3 nitrogen and oxygen atoms in total. The molecule has 1 saturated carbocycles. The molecular formula is C13H17FN2O. The van der Waals surface area contributed by atoms with Crippen LogP contribution in [0.4, 0.5) is 14.9 Å². The summed E-state index contributed by atoms with van der Waals surface area (Å²) in [5, 5.41) is 5.34. The van der Waals surface area contributed by atoms with Crippen molar-refractivity contribution in [2.24, 2.45) is 5.92 Å². The Hall–Kier alpha value is -1.58. The Morgan fingerprint density at radius 1 is 1.47 bits per heavy atom. The van der Waals surface area contributed by atoms with Crippen molar-refractivity contribution in [2.45, 2.75) is 32.7 Å². The van der Waals surface area contributed by atoms with Crippen LogP contribution in [0.1, 0.15) is 25.3 Å². The quantitative estimate of drug-likeness (QED) is 0.832. The van der Waals surface area contributed by atoms with Crippen LogP contribution in [0.15, 0.2) is 18.2 Å². The smallest absolute Gasteiger partial charge is 0.319 e. The molecule has 17 heavy (non-hydrogen) atoms. The molecule has 1 aliphatic carbocycles. The number of halogens is 1. The normalized spacial score (nSPS) is 16.4. The molecule has 0 bridgehead atoms. The first-order valence-corrected chi connectivity index (χ1v) is 5.90. The van der Waals surface area contributed by atoms with Gasteiger partial charge in [0.2, 0.25) is 0 Å². The summed E-state index contributed by atoms with van der Waals surface area (Å²) < 4.78 is 13.5. The number of benzene rings is 1. The maximum atomic E-state index is 13.5. The zero-order valence-corrected chi connectivity index (χ0v) is 10.1. The molecule has 1 aromatic carbocycles. The molecule has 0 heterocycles. The summed E-state index contributed by atoms with van der Waals surface area (Å²) in [7, 11) is 0. The Balaban J connectivity index is 1.92. The van der Waals surface area contributed by atoms with E-state index in [-0.39, 0.29) is 17.8 Å². The first-order chi connectivity index (χ1) is 8.06. The number of rotatable bonds is 3. The summed E-state index contributed by atoms with van der Waals surface area (Å²) in [5.74, 6) is 0.183. The zero-order chi connectivity index (χ0) is 12.4. The second-order valence-electron chi connectivity index (χ2n) is 4.71. The van der Waals surface area contributed by atoms with E-state index in [4.69, 9.17) is 0 Å². The minimum atomic E-state index is -0.403. The minimum absolute atomic E-state index is 0.156. The summed E-state index contributed by atoms with van der Waals surface area (Å²) in [6, 6.07) is 4.56. The number of hydrogen-bond donors (Lipinski definition) is 2.